The van der Waals surface area contributed by atoms with Gasteiger partial charge in [0.15, 0.2) is 0 Å². The maximum Gasteiger partial charge on any atom is 0.0806 e. The number of aryl methyl sites for hydroxylation is 2. The van der Waals surface area contributed by atoms with Gasteiger partial charge in [0, 0.05) is 32.0 Å². The highest BCUT2D eigenvalue weighted by Gasteiger charge is 2.33. The zero-order valence-corrected chi connectivity index (χ0v) is 15.1. The second-order valence-electron chi connectivity index (χ2n) is 5.79. The molecule has 1 aliphatic heterocycles. The van der Waals surface area contributed by atoms with E-state index in [4.69, 9.17) is 4.74 Å². The molecule has 0 N–H and O–H groups in total. The highest BCUT2D eigenvalue weighted by Crippen LogP contribution is 2.26. The zero-order valence-electron chi connectivity index (χ0n) is 11.9. The van der Waals surface area contributed by atoms with Crippen LogP contribution in [0.4, 0.5) is 0 Å². The van der Waals surface area contributed by atoms with E-state index in [1.165, 1.54) is 5.69 Å². The predicted molar refractivity (Wildman–Crippen MR) is 83.7 cm³/mol. The van der Waals surface area contributed by atoms with E-state index in [0.717, 1.165) is 35.1 Å². The normalized spacial score (nSPS) is 23.8. The summed E-state index contributed by atoms with van der Waals surface area (Å²) in [7, 11) is 2.00. The van der Waals surface area contributed by atoms with Crippen molar-refractivity contribution in [1.82, 2.24) is 14.7 Å². The molecule has 4 nitrogen and oxygen atoms in total. The molecular formula is C13H21Br2N3O. The average molecular weight is 395 g/mol. The lowest BCUT2D eigenvalue weighted by molar-refractivity contribution is -0.128. The lowest BCUT2D eigenvalue weighted by Gasteiger charge is -2.42. The Hall–Kier alpha value is 0.0900. The van der Waals surface area contributed by atoms with Crippen LogP contribution in [0.15, 0.2) is 4.47 Å². The van der Waals surface area contributed by atoms with Crippen molar-refractivity contribution in [3.8, 4) is 0 Å². The van der Waals surface area contributed by atoms with Gasteiger partial charge in [0.2, 0.25) is 0 Å². The molecule has 2 rings (SSSR count). The zero-order chi connectivity index (χ0) is 14.2. The summed E-state index contributed by atoms with van der Waals surface area (Å²) in [5.41, 5.74) is 2.17. The molecule has 1 aromatic heterocycles. The predicted octanol–water partition coefficient (Wildman–Crippen LogP) is 2.87. The van der Waals surface area contributed by atoms with Crippen LogP contribution in [0.3, 0.4) is 0 Å². The van der Waals surface area contributed by atoms with Crippen LogP contribution in [0, 0.1) is 6.92 Å². The van der Waals surface area contributed by atoms with Crippen molar-refractivity contribution in [3.05, 3.63) is 15.9 Å². The Morgan fingerprint density at radius 3 is 2.68 bits per heavy atom. The molecule has 6 heteroatoms. The molecule has 1 aromatic rings. The average Bonchev–Trinajstić information content (AvgIpc) is 2.54. The molecule has 2 heterocycles. The summed E-state index contributed by atoms with van der Waals surface area (Å²) in [6, 6.07) is 0. The number of alkyl halides is 1. The summed E-state index contributed by atoms with van der Waals surface area (Å²) >= 11 is 7.17. The summed E-state index contributed by atoms with van der Waals surface area (Å²) in [4.78, 5) is 2.44. The fraction of sp³-hybridized carbons (Fsp3) is 0.769. The smallest absolute Gasteiger partial charge is 0.0806 e. The van der Waals surface area contributed by atoms with Gasteiger partial charge in [-0.3, -0.25) is 9.58 Å². The minimum absolute atomic E-state index is 0.100. The second-order valence-corrected chi connectivity index (χ2v) is 7.23. The van der Waals surface area contributed by atoms with Crippen LogP contribution in [0.1, 0.15) is 25.2 Å². The molecule has 0 radical (unpaired) electrons. The monoisotopic (exact) mass is 393 g/mol. The van der Waals surface area contributed by atoms with Gasteiger partial charge in [0.25, 0.3) is 0 Å². The van der Waals surface area contributed by atoms with Crippen LogP contribution in [0.5, 0.6) is 0 Å². The number of halogens is 2. The second kappa shape index (κ2) is 5.84. The summed E-state index contributed by atoms with van der Waals surface area (Å²) in [6.45, 7) is 9.11. The minimum atomic E-state index is -0.100. The molecule has 0 aromatic carbocycles. The summed E-state index contributed by atoms with van der Waals surface area (Å²) < 4.78 is 9.12. The van der Waals surface area contributed by atoms with E-state index >= 15 is 0 Å². The number of hydrogen-bond acceptors (Lipinski definition) is 3. The molecule has 1 fully saturated rings. The highest BCUT2D eigenvalue weighted by molar-refractivity contribution is 9.10. The van der Waals surface area contributed by atoms with Crippen LogP contribution >= 0.6 is 31.9 Å². The van der Waals surface area contributed by atoms with Gasteiger partial charge in [-0.15, -0.1) is 0 Å². The Bertz CT molecular complexity index is 459. The Morgan fingerprint density at radius 2 is 2.16 bits per heavy atom. The van der Waals surface area contributed by atoms with Crippen molar-refractivity contribution < 1.29 is 4.74 Å². The number of rotatable bonds is 3. The van der Waals surface area contributed by atoms with Gasteiger partial charge in [-0.25, -0.2) is 0 Å². The fourth-order valence-corrected chi connectivity index (χ4v) is 3.48. The first-order valence-electron chi connectivity index (χ1n) is 6.46. The van der Waals surface area contributed by atoms with Crippen LogP contribution in [-0.2, 0) is 18.3 Å². The fourth-order valence-electron chi connectivity index (χ4n) is 2.68. The Kier molecular flexibility index (Phi) is 4.75. The largest absolute Gasteiger partial charge is 0.369 e. The van der Waals surface area contributed by atoms with Crippen molar-refractivity contribution in [2.24, 2.45) is 7.05 Å². The standard InChI is InChI=1S/C13H21Br2N3O/c1-9-12(15)11(17(4)16-9)7-18-6-10(5-14)19-13(2,3)8-18/h10H,5-8H2,1-4H3. The third kappa shape index (κ3) is 3.60. The van der Waals surface area contributed by atoms with E-state index in [9.17, 15) is 0 Å². The van der Waals surface area contributed by atoms with Gasteiger partial charge in [-0.05, 0) is 36.7 Å². The molecule has 108 valence electrons. The van der Waals surface area contributed by atoms with E-state index in [0.29, 0.717) is 0 Å². The topological polar surface area (TPSA) is 30.3 Å². The number of hydrogen-bond donors (Lipinski definition) is 0. The minimum Gasteiger partial charge on any atom is -0.369 e. The summed E-state index contributed by atoms with van der Waals surface area (Å²) in [5.74, 6) is 0. The van der Waals surface area contributed by atoms with Crippen molar-refractivity contribution in [2.75, 3.05) is 18.4 Å². The number of morpholine rings is 1. The molecule has 0 bridgehead atoms. The first kappa shape index (κ1) is 15.5. The van der Waals surface area contributed by atoms with E-state index in [-0.39, 0.29) is 11.7 Å². The molecule has 0 saturated carbocycles. The van der Waals surface area contributed by atoms with Gasteiger partial charge in [-0.1, -0.05) is 15.9 Å². The first-order valence-corrected chi connectivity index (χ1v) is 8.38. The van der Waals surface area contributed by atoms with Crippen molar-refractivity contribution in [2.45, 2.75) is 39.0 Å². The highest BCUT2D eigenvalue weighted by atomic mass is 79.9. The van der Waals surface area contributed by atoms with Crippen LogP contribution in [0.2, 0.25) is 0 Å². The van der Waals surface area contributed by atoms with Crippen molar-refractivity contribution in [1.29, 1.82) is 0 Å². The molecule has 19 heavy (non-hydrogen) atoms. The molecular weight excluding hydrogens is 374 g/mol. The molecule has 1 unspecified atom stereocenters. The Balaban J connectivity index is 2.14. The molecule has 1 aliphatic rings. The van der Waals surface area contributed by atoms with Crippen molar-refractivity contribution in [3.63, 3.8) is 0 Å². The lowest BCUT2D eigenvalue weighted by atomic mass is 10.1. The van der Waals surface area contributed by atoms with Crippen LogP contribution in [-0.4, -0.2) is 44.8 Å². The lowest BCUT2D eigenvalue weighted by Crippen LogP contribution is -2.53. The van der Waals surface area contributed by atoms with E-state index < -0.39 is 0 Å². The third-order valence-corrected chi connectivity index (χ3v) is 5.11. The van der Waals surface area contributed by atoms with Gasteiger partial charge < -0.3 is 4.74 Å². The number of ether oxygens (including phenoxy) is 1. The third-order valence-electron chi connectivity index (χ3n) is 3.36. The van der Waals surface area contributed by atoms with Gasteiger partial charge >= 0.3 is 0 Å². The Labute approximate surface area is 131 Å². The van der Waals surface area contributed by atoms with E-state index in [1.54, 1.807) is 0 Å². The molecule has 1 saturated heterocycles. The quantitative estimate of drug-likeness (QED) is 0.738. The van der Waals surface area contributed by atoms with Crippen molar-refractivity contribution >= 4 is 31.9 Å². The van der Waals surface area contributed by atoms with Crippen LogP contribution < -0.4 is 0 Å². The van der Waals surface area contributed by atoms with E-state index in [1.807, 2.05) is 18.7 Å². The number of nitrogens with zero attached hydrogens (tertiary/aromatic N) is 3. The maximum atomic E-state index is 6.03. The summed E-state index contributed by atoms with van der Waals surface area (Å²) in [6.07, 6.45) is 0.247. The van der Waals surface area contributed by atoms with Gasteiger partial charge in [0.05, 0.1) is 27.6 Å². The molecule has 1 atom stereocenters. The van der Waals surface area contributed by atoms with Gasteiger partial charge in [0.1, 0.15) is 0 Å². The van der Waals surface area contributed by atoms with Gasteiger partial charge in [-0.2, -0.15) is 5.10 Å². The first-order chi connectivity index (χ1) is 8.82. The molecule has 0 spiro atoms. The summed E-state index contributed by atoms with van der Waals surface area (Å²) in [5, 5.41) is 5.33. The maximum absolute atomic E-state index is 6.03. The SMILES string of the molecule is Cc1nn(C)c(CN2CC(CBr)OC(C)(C)C2)c1Br. The van der Waals surface area contributed by atoms with Crippen LogP contribution in [0.25, 0.3) is 0 Å². The van der Waals surface area contributed by atoms with E-state index in [2.05, 4.69) is 55.7 Å². The molecule has 0 aliphatic carbocycles. The number of aromatic nitrogens is 2. The Morgan fingerprint density at radius 1 is 1.47 bits per heavy atom. The molecule has 0 amide bonds.